The summed E-state index contributed by atoms with van der Waals surface area (Å²) in [6.45, 7) is 2.33. The number of halogens is 1. The molecule has 0 saturated heterocycles. The van der Waals surface area contributed by atoms with Crippen LogP contribution in [0.2, 0.25) is 0 Å². The number of carbonyl (C=O) groups is 1. The topological polar surface area (TPSA) is 59.9 Å². The Hall–Kier alpha value is -3.12. The molecule has 0 atom stereocenters. The van der Waals surface area contributed by atoms with E-state index in [9.17, 15) is 4.79 Å². The van der Waals surface area contributed by atoms with Crippen LogP contribution in [0.15, 0.2) is 82.4 Å². The van der Waals surface area contributed by atoms with E-state index in [2.05, 4.69) is 26.5 Å². The number of ether oxygens (including phenoxy) is 2. The fourth-order valence-corrected chi connectivity index (χ4v) is 3.00. The highest BCUT2D eigenvalue weighted by molar-refractivity contribution is 9.10. The summed E-state index contributed by atoms with van der Waals surface area (Å²) in [4.78, 5) is 11.9. The van der Waals surface area contributed by atoms with Gasteiger partial charge in [0.05, 0.1) is 6.21 Å². The smallest absolute Gasteiger partial charge is 0.277 e. The van der Waals surface area contributed by atoms with Gasteiger partial charge in [-0.15, -0.1) is 0 Å². The Morgan fingerprint density at radius 1 is 1.03 bits per heavy atom. The molecule has 29 heavy (non-hydrogen) atoms. The van der Waals surface area contributed by atoms with Gasteiger partial charge in [-0.05, 0) is 66.1 Å². The normalized spacial score (nSPS) is 10.7. The molecule has 3 aromatic carbocycles. The molecule has 0 spiro atoms. The first-order valence-corrected chi connectivity index (χ1v) is 9.87. The maximum atomic E-state index is 11.9. The average molecular weight is 453 g/mol. The molecule has 3 rings (SSSR count). The number of hydrazone groups is 1. The molecule has 0 heterocycles. The van der Waals surface area contributed by atoms with Crippen molar-refractivity contribution in [2.45, 2.75) is 13.5 Å². The van der Waals surface area contributed by atoms with Gasteiger partial charge in [0.2, 0.25) is 0 Å². The Morgan fingerprint density at radius 3 is 2.52 bits per heavy atom. The maximum absolute atomic E-state index is 11.9. The molecular weight excluding hydrogens is 432 g/mol. The van der Waals surface area contributed by atoms with E-state index in [1.54, 1.807) is 6.21 Å². The van der Waals surface area contributed by atoms with Gasteiger partial charge in [0.1, 0.15) is 18.1 Å². The van der Waals surface area contributed by atoms with Crippen molar-refractivity contribution in [3.8, 4) is 11.5 Å². The van der Waals surface area contributed by atoms with Crippen molar-refractivity contribution in [2.75, 3.05) is 6.61 Å². The number of benzene rings is 3. The molecule has 0 unspecified atom stereocenters. The lowest BCUT2D eigenvalue weighted by molar-refractivity contribution is -0.123. The number of amides is 1. The molecule has 0 aliphatic carbocycles. The van der Waals surface area contributed by atoms with Crippen molar-refractivity contribution in [3.05, 3.63) is 94.0 Å². The number of nitrogens with zero attached hydrogens (tertiary/aromatic N) is 1. The van der Waals surface area contributed by atoms with Gasteiger partial charge >= 0.3 is 0 Å². The van der Waals surface area contributed by atoms with E-state index in [-0.39, 0.29) is 12.5 Å². The molecule has 0 fully saturated rings. The summed E-state index contributed by atoms with van der Waals surface area (Å²) >= 11 is 3.39. The van der Waals surface area contributed by atoms with Gasteiger partial charge in [-0.25, -0.2) is 5.43 Å². The number of hydrogen-bond donors (Lipinski definition) is 1. The van der Waals surface area contributed by atoms with Gasteiger partial charge in [-0.3, -0.25) is 4.79 Å². The molecule has 0 aliphatic rings. The number of hydrogen-bond acceptors (Lipinski definition) is 4. The van der Waals surface area contributed by atoms with E-state index >= 15 is 0 Å². The predicted octanol–water partition coefficient (Wildman–Crippen LogP) is 4.87. The van der Waals surface area contributed by atoms with Crippen LogP contribution in [0.4, 0.5) is 0 Å². The van der Waals surface area contributed by atoms with E-state index in [0.717, 1.165) is 26.9 Å². The lowest BCUT2D eigenvalue weighted by atomic mass is 10.2. The summed E-state index contributed by atoms with van der Waals surface area (Å²) in [5.41, 5.74) is 5.37. The van der Waals surface area contributed by atoms with Crippen molar-refractivity contribution in [1.29, 1.82) is 0 Å². The third-order valence-corrected chi connectivity index (χ3v) is 4.52. The van der Waals surface area contributed by atoms with Gasteiger partial charge in [0, 0.05) is 4.47 Å². The second-order valence-corrected chi connectivity index (χ2v) is 7.25. The molecule has 0 saturated carbocycles. The average Bonchev–Trinajstić information content (AvgIpc) is 2.73. The first kappa shape index (κ1) is 20.6. The van der Waals surface area contributed by atoms with Crippen molar-refractivity contribution < 1.29 is 14.3 Å². The van der Waals surface area contributed by atoms with Crippen LogP contribution >= 0.6 is 15.9 Å². The van der Waals surface area contributed by atoms with Gasteiger partial charge in [-0.2, -0.15) is 5.10 Å². The van der Waals surface area contributed by atoms with E-state index in [0.29, 0.717) is 12.4 Å². The third-order valence-electron chi connectivity index (χ3n) is 4.03. The highest BCUT2D eigenvalue weighted by Crippen LogP contribution is 2.22. The number of nitrogens with one attached hydrogen (secondary N) is 1. The van der Waals surface area contributed by atoms with Gasteiger partial charge < -0.3 is 9.47 Å². The number of aryl methyl sites for hydroxylation is 1. The molecule has 0 bridgehead atoms. The summed E-state index contributed by atoms with van der Waals surface area (Å²) in [7, 11) is 0. The van der Waals surface area contributed by atoms with Crippen molar-refractivity contribution in [3.63, 3.8) is 0 Å². The second-order valence-electron chi connectivity index (χ2n) is 6.33. The van der Waals surface area contributed by atoms with Crippen molar-refractivity contribution in [2.24, 2.45) is 5.10 Å². The molecule has 0 radical (unpaired) electrons. The van der Waals surface area contributed by atoms with E-state index in [4.69, 9.17) is 9.47 Å². The third kappa shape index (κ3) is 6.76. The summed E-state index contributed by atoms with van der Waals surface area (Å²) in [6, 6.07) is 23.1. The Balaban J connectivity index is 1.43. The largest absolute Gasteiger partial charge is 0.489 e. The number of rotatable bonds is 8. The van der Waals surface area contributed by atoms with Crippen LogP contribution in [0.5, 0.6) is 11.5 Å². The Kier molecular flexibility index (Phi) is 7.41. The zero-order valence-corrected chi connectivity index (χ0v) is 17.6. The molecule has 1 N–H and O–H groups in total. The van der Waals surface area contributed by atoms with Gasteiger partial charge in [0.25, 0.3) is 5.91 Å². The highest BCUT2D eigenvalue weighted by Gasteiger charge is 2.04. The first-order chi connectivity index (χ1) is 14.1. The Bertz CT molecular complexity index is 973. The molecular formula is C23H21BrN2O3. The van der Waals surface area contributed by atoms with Crippen molar-refractivity contribution in [1.82, 2.24) is 5.43 Å². The lowest BCUT2D eigenvalue weighted by Crippen LogP contribution is -2.24. The van der Waals surface area contributed by atoms with Crippen LogP contribution in [0.3, 0.4) is 0 Å². The lowest BCUT2D eigenvalue weighted by Gasteiger charge is -2.08. The van der Waals surface area contributed by atoms with Gasteiger partial charge in [-0.1, -0.05) is 46.3 Å². The SMILES string of the molecule is Cc1cc(Br)ccc1OCC(=O)NN=Cc1ccc(OCc2ccccc2)cc1. The quantitative estimate of drug-likeness (QED) is 0.391. The zero-order chi connectivity index (χ0) is 20.5. The van der Waals surface area contributed by atoms with Crippen LogP contribution in [0.25, 0.3) is 0 Å². The molecule has 0 aromatic heterocycles. The van der Waals surface area contributed by atoms with Crippen LogP contribution < -0.4 is 14.9 Å². The molecule has 6 heteroatoms. The highest BCUT2D eigenvalue weighted by atomic mass is 79.9. The molecule has 1 amide bonds. The maximum Gasteiger partial charge on any atom is 0.277 e. The van der Waals surface area contributed by atoms with E-state index < -0.39 is 0 Å². The second kappa shape index (κ2) is 10.4. The summed E-state index contributed by atoms with van der Waals surface area (Å²) < 4.78 is 12.2. The summed E-state index contributed by atoms with van der Waals surface area (Å²) in [5.74, 6) is 1.11. The minimum Gasteiger partial charge on any atom is -0.489 e. The molecule has 5 nitrogen and oxygen atoms in total. The summed E-state index contributed by atoms with van der Waals surface area (Å²) in [6.07, 6.45) is 1.57. The van der Waals surface area contributed by atoms with E-state index in [1.165, 1.54) is 0 Å². The van der Waals surface area contributed by atoms with Crippen LogP contribution in [-0.2, 0) is 11.4 Å². The van der Waals surface area contributed by atoms with Gasteiger partial charge in [0.15, 0.2) is 6.61 Å². The zero-order valence-electron chi connectivity index (χ0n) is 16.0. The minimum atomic E-state index is -0.327. The molecule has 0 aliphatic heterocycles. The fraction of sp³-hybridized carbons (Fsp3) is 0.130. The standard InChI is InChI=1S/C23H21BrN2O3/c1-17-13-20(24)9-12-22(17)29-16-23(27)26-25-14-18-7-10-21(11-8-18)28-15-19-5-3-2-4-6-19/h2-14H,15-16H2,1H3,(H,26,27). The molecule has 148 valence electrons. The van der Waals surface area contributed by atoms with E-state index in [1.807, 2.05) is 79.7 Å². The fourth-order valence-electron chi connectivity index (χ4n) is 2.52. The summed E-state index contributed by atoms with van der Waals surface area (Å²) in [5, 5.41) is 3.96. The first-order valence-electron chi connectivity index (χ1n) is 9.08. The Morgan fingerprint density at radius 2 is 1.79 bits per heavy atom. The number of carbonyl (C=O) groups excluding carboxylic acids is 1. The van der Waals surface area contributed by atoms with Crippen LogP contribution in [-0.4, -0.2) is 18.7 Å². The van der Waals surface area contributed by atoms with Crippen LogP contribution in [0, 0.1) is 6.92 Å². The monoisotopic (exact) mass is 452 g/mol. The van der Waals surface area contributed by atoms with Crippen LogP contribution in [0.1, 0.15) is 16.7 Å². The Labute approximate surface area is 178 Å². The predicted molar refractivity (Wildman–Crippen MR) is 117 cm³/mol. The van der Waals surface area contributed by atoms with Crippen molar-refractivity contribution >= 4 is 28.1 Å². The molecule has 3 aromatic rings. The minimum absolute atomic E-state index is 0.105.